The van der Waals surface area contributed by atoms with E-state index < -0.39 is 0 Å². The molecule has 1 N–H and O–H groups in total. The Kier molecular flexibility index (Phi) is 7.05. The van der Waals surface area contributed by atoms with E-state index >= 15 is 0 Å². The summed E-state index contributed by atoms with van der Waals surface area (Å²) >= 11 is 0. The van der Waals surface area contributed by atoms with Crippen LogP contribution in [0.3, 0.4) is 0 Å². The Morgan fingerprint density at radius 3 is 2.44 bits per heavy atom. The number of rotatable bonds is 7. The Morgan fingerprint density at radius 2 is 1.75 bits per heavy atom. The van der Waals surface area contributed by atoms with Crippen molar-refractivity contribution in [3.63, 3.8) is 0 Å². The maximum absolute atomic E-state index is 12.9. The van der Waals surface area contributed by atoms with E-state index in [1.54, 1.807) is 12.4 Å². The SMILES string of the molecule is CCC(NC(=O)c1ccc2cc(OC3CCN(C(C)C)CC3)ccc2c1)c1ccncc1. The van der Waals surface area contributed by atoms with Gasteiger partial charge in [-0.3, -0.25) is 9.78 Å². The molecule has 1 unspecified atom stereocenters. The van der Waals surface area contributed by atoms with Gasteiger partial charge in [-0.15, -0.1) is 0 Å². The zero-order valence-corrected chi connectivity index (χ0v) is 19.3. The first-order chi connectivity index (χ1) is 15.5. The average Bonchev–Trinajstić information content (AvgIpc) is 2.83. The maximum atomic E-state index is 12.9. The molecule has 0 spiro atoms. The first kappa shape index (κ1) is 22.3. The number of amides is 1. The normalized spacial score (nSPS) is 16.2. The third-order valence-corrected chi connectivity index (χ3v) is 6.41. The van der Waals surface area contributed by atoms with Crippen LogP contribution in [0.1, 0.15) is 62.0 Å². The lowest BCUT2D eigenvalue weighted by molar-refractivity contribution is 0.0844. The Bertz CT molecular complexity index is 1040. The van der Waals surface area contributed by atoms with Gasteiger partial charge in [0.2, 0.25) is 0 Å². The van der Waals surface area contributed by atoms with Gasteiger partial charge >= 0.3 is 0 Å². The number of likely N-dealkylation sites (tertiary alicyclic amines) is 1. The number of nitrogens with zero attached hydrogens (tertiary/aromatic N) is 2. The van der Waals surface area contributed by atoms with Gasteiger partial charge in [0.1, 0.15) is 11.9 Å². The van der Waals surface area contributed by atoms with E-state index in [0.717, 1.165) is 54.4 Å². The van der Waals surface area contributed by atoms with Crippen LogP contribution in [0.5, 0.6) is 5.75 Å². The fourth-order valence-corrected chi connectivity index (χ4v) is 4.40. The highest BCUT2D eigenvalue weighted by atomic mass is 16.5. The number of ether oxygens (including phenoxy) is 1. The minimum absolute atomic E-state index is 0.0286. The van der Waals surface area contributed by atoms with Crippen LogP contribution in [0.4, 0.5) is 0 Å². The summed E-state index contributed by atoms with van der Waals surface area (Å²) in [4.78, 5) is 19.4. The van der Waals surface area contributed by atoms with Crippen LogP contribution >= 0.6 is 0 Å². The quantitative estimate of drug-likeness (QED) is 0.547. The number of fused-ring (bicyclic) bond motifs is 1. The second-order valence-electron chi connectivity index (χ2n) is 8.89. The molecule has 1 aliphatic heterocycles. The number of carbonyl (C=O) groups is 1. The van der Waals surface area contributed by atoms with Crippen LogP contribution in [0, 0.1) is 0 Å². The predicted molar refractivity (Wildman–Crippen MR) is 129 cm³/mol. The minimum Gasteiger partial charge on any atom is -0.490 e. The van der Waals surface area contributed by atoms with E-state index in [0.29, 0.717) is 11.6 Å². The van der Waals surface area contributed by atoms with E-state index in [1.807, 2.05) is 42.5 Å². The molecular formula is C27H33N3O2. The van der Waals surface area contributed by atoms with E-state index in [-0.39, 0.29) is 18.1 Å². The second-order valence-corrected chi connectivity index (χ2v) is 8.89. The van der Waals surface area contributed by atoms with Crippen LogP contribution in [-0.2, 0) is 0 Å². The standard InChI is InChI=1S/C27H33N3O2/c1-4-26(20-9-13-28-14-10-20)29-27(31)23-6-5-22-18-25(8-7-21(22)17-23)32-24-11-15-30(16-12-24)19(2)3/h5-10,13-14,17-19,24,26H,4,11-12,15-16H2,1-3H3,(H,29,31). The van der Waals surface area contributed by atoms with Gasteiger partial charge < -0.3 is 15.0 Å². The van der Waals surface area contributed by atoms with Crippen molar-refractivity contribution >= 4 is 16.7 Å². The largest absolute Gasteiger partial charge is 0.490 e. The van der Waals surface area contributed by atoms with E-state index in [9.17, 15) is 4.79 Å². The molecule has 2 heterocycles. The van der Waals surface area contributed by atoms with Gasteiger partial charge in [-0.1, -0.05) is 19.1 Å². The Morgan fingerprint density at radius 1 is 1.06 bits per heavy atom. The van der Waals surface area contributed by atoms with E-state index in [4.69, 9.17) is 4.74 Å². The van der Waals surface area contributed by atoms with Gasteiger partial charge in [0, 0.05) is 37.1 Å². The number of benzene rings is 2. The van der Waals surface area contributed by atoms with Gasteiger partial charge in [-0.05, 0) is 85.8 Å². The first-order valence-electron chi connectivity index (χ1n) is 11.7. The summed E-state index contributed by atoms with van der Waals surface area (Å²) in [5.41, 5.74) is 1.73. The van der Waals surface area contributed by atoms with Crippen LogP contribution < -0.4 is 10.1 Å². The smallest absolute Gasteiger partial charge is 0.251 e. The number of pyridine rings is 1. The lowest BCUT2D eigenvalue weighted by atomic mass is 10.0. The van der Waals surface area contributed by atoms with Crippen LogP contribution in [-0.4, -0.2) is 41.0 Å². The molecule has 1 fully saturated rings. The molecule has 0 radical (unpaired) electrons. The number of hydrogen-bond acceptors (Lipinski definition) is 4. The molecule has 32 heavy (non-hydrogen) atoms. The highest BCUT2D eigenvalue weighted by Gasteiger charge is 2.22. The molecule has 5 heteroatoms. The summed E-state index contributed by atoms with van der Waals surface area (Å²) in [6.07, 6.45) is 6.73. The molecule has 1 saturated heterocycles. The second kappa shape index (κ2) is 10.1. The summed E-state index contributed by atoms with van der Waals surface area (Å²) in [7, 11) is 0. The van der Waals surface area contributed by atoms with Crippen molar-refractivity contribution in [2.75, 3.05) is 13.1 Å². The highest BCUT2D eigenvalue weighted by molar-refractivity contribution is 5.99. The third-order valence-electron chi connectivity index (χ3n) is 6.41. The maximum Gasteiger partial charge on any atom is 0.251 e. The molecule has 2 aromatic carbocycles. The average molecular weight is 432 g/mol. The summed E-state index contributed by atoms with van der Waals surface area (Å²) in [5.74, 6) is 0.842. The minimum atomic E-state index is -0.0622. The monoisotopic (exact) mass is 431 g/mol. The highest BCUT2D eigenvalue weighted by Crippen LogP contribution is 2.26. The van der Waals surface area contributed by atoms with Crippen molar-refractivity contribution < 1.29 is 9.53 Å². The summed E-state index contributed by atoms with van der Waals surface area (Å²) in [6, 6.07) is 16.5. The third kappa shape index (κ3) is 5.28. The molecule has 1 aliphatic rings. The number of piperidine rings is 1. The molecule has 5 nitrogen and oxygen atoms in total. The molecule has 1 aromatic heterocycles. The van der Waals surface area contributed by atoms with Gasteiger partial charge in [0.05, 0.1) is 6.04 Å². The van der Waals surface area contributed by atoms with Crippen molar-refractivity contribution in [2.45, 2.75) is 58.2 Å². The molecule has 0 saturated carbocycles. The lowest BCUT2D eigenvalue weighted by Crippen LogP contribution is -2.41. The first-order valence-corrected chi connectivity index (χ1v) is 11.7. The Labute approximate surface area is 190 Å². The van der Waals surface area contributed by atoms with Gasteiger partial charge in [0.25, 0.3) is 5.91 Å². The van der Waals surface area contributed by atoms with Gasteiger partial charge in [-0.25, -0.2) is 0 Å². The summed E-state index contributed by atoms with van der Waals surface area (Å²) < 4.78 is 6.27. The molecule has 4 rings (SSSR count). The van der Waals surface area contributed by atoms with Crippen LogP contribution in [0.25, 0.3) is 10.8 Å². The molecule has 3 aromatic rings. The van der Waals surface area contributed by atoms with Crippen molar-refractivity contribution in [1.82, 2.24) is 15.2 Å². The van der Waals surface area contributed by atoms with E-state index in [2.05, 4.69) is 42.0 Å². The predicted octanol–water partition coefficient (Wildman–Crippen LogP) is 5.37. The fraction of sp³-hybridized carbons (Fsp3) is 0.407. The van der Waals surface area contributed by atoms with Crippen molar-refractivity contribution in [1.29, 1.82) is 0 Å². The molecule has 0 aliphatic carbocycles. The number of nitrogens with one attached hydrogen (secondary N) is 1. The molecular weight excluding hydrogens is 398 g/mol. The van der Waals surface area contributed by atoms with Gasteiger partial charge in [0.15, 0.2) is 0 Å². The van der Waals surface area contributed by atoms with Crippen LogP contribution in [0.2, 0.25) is 0 Å². The molecule has 1 atom stereocenters. The summed E-state index contributed by atoms with van der Waals surface area (Å²) in [5, 5.41) is 5.27. The van der Waals surface area contributed by atoms with Crippen LogP contribution in [0.15, 0.2) is 60.9 Å². The van der Waals surface area contributed by atoms with Crippen molar-refractivity contribution in [3.05, 3.63) is 72.1 Å². The van der Waals surface area contributed by atoms with E-state index in [1.165, 1.54) is 0 Å². The Hall–Kier alpha value is -2.92. The Balaban J connectivity index is 1.42. The molecule has 1 amide bonds. The van der Waals surface area contributed by atoms with Crippen molar-refractivity contribution in [2.24, 2.45) is 0 Å². The fourth-order valence-electron chi connectivity index (χ4n) is 4.40. The molecule has 0 bridgehead atoms. The summed E-state index contributed by atoms with van der Waals surface area (Å²) in [6.45, 7) is 8.75. The zero-order chi connectivity index (χ0) is 22.5. The number of carbonyl (C=O) groups excluding carboxylic acids is 1. The topological polar surface area (TPSA) is 54.5 Å². The number of hydrogen-bond donors (Lipinski definition) is 1. The lowest BCUT2D eigenvalue weighted by Gasteiger charge is -2.34. The van der Waals surface area contributed by atoms with Crippen molar-refractivity contribution in [3.8, 4) is 5.75 Å². The zero-order valence-electron chi connectivity index (χ0n) is 19.3. The number of aromatic nitrogens is 1. The van der Waals surface area contributed by atoms with Gasteiger partial charge in [-0.2, -0.15) is 0 Å². The molecule has 168 valence electrons.